The van der Waals surface area contributed by atoms with E-state index in [4.69, 9.17) is 21.9 Å². The van der Waals surface area contributed by atoms with Gasteiger partial charge in [-0.15, -0.1) is 0 Å². The third kappa shape index (κ3) is 3.87. The number of hydrogen-bond acceptors (Lipinski definition) is 6. The highest BCUT2D eigenvalue weighted by atomic mass is 32.1. The van der Waals surface area contributed by atoms with Crippen LogP contribution in [0.3, 0.4) is 0 Å². The largest absolute Gasteiger partial charge is 0.494 e. The van der Waals surface area contributed by atoms with Gasteiger partial charge in [-0.25, -0.2) is 4.98 Å². The maximum absolute atomic E-state index is 12.5. The number of thiocarbonyl (C=S) groups is 1. The number of rotatable bonds is 4. The number of pyridine rings is 1. The van der Waals surface area contributed by atoms with Crippen molar-refractivity contribution in [1.82, 2.24) is 15.2 Å². The molecule has 2 aliphatic rings. The van der Waals surface area contributed by atoms with Gasteiger partial charge in [0.1, 0.15) is 17.3 Å². The second-order valence-electron chi connectivity index (χ2n) is 7.38. The second-order valence-corrected chi connectivity index (χ2v) is 7.77. The molecule has 2 fully saturated rings. The van der Waals surface area contributed by atoms with E-state index < -0.39 is 0 Å². The van der Waals surface area contributed by atoms with Crippen molar-refractivity contribution < 1.29 is 14.3 Å². The van der Waals surface area contributed by atoms with Crippen molar-refractivity contribution in [1.29, 1.82) is 0 Å². The van der Waals surface area contributed by atoms with E-state index in [2.05, 4.69) is 10.2 Å². The van der Waals surface area contributed by atoms with Crippen LogP contribution in [0.1, 0.15) is 38.7 Å². The average Bonchev–Trinajstić information content (AvgIpc) is 3.01. The molecule has 30 heavy (non-hydrogen) atoms. The molecule has 3 heterocycles. The van der Waals surface area contributed by atoms with Crippen molar-refractivity contribution in [3.8, 4) is 5.75 Å². The third-order valence-corrected chi connectivity index (χ3v) is 5.55. The maximum Gasteiger partial charge on any atom is 0.274 e. The van der Waals surface area contributed by atoms with Crippen molar-refractivity contribution in [2.24, 2.45) is 0 Å². The molecule has 0 bridgehead atoms. The lowest BCUT2D eigenvalue weighted by Crippen LogP contribution is -2.31. The number of carbonyl (C=O) groups excluding carboxylic acids is 2. The summed E-state index contributed by atoms with van der Waals surface area (Å²) in [5, 5.41) is 3.56. The summed E-state index contributed by atoms with van der Waals surface area (Å²) in [6.07, 6.45) is 5.11. The lowest BCUT2D eigenvalue weighted by Gasteiger charge is -2.29. The molecule has 0 aliphatic carbocycles. The van der Waals surface area contributed by atoms with Gasteiger partial charge in [0.2, 0.25) is 5.91 Å². The van der Waals surface area contributed by atoms with Crippen LogP contribution in [0.4, 0.5) is 5.82 Å². The smallest absolute Gasteiger partial charge is 0.274 e. The number of hydrogen-bond donors (Lipinski definition) is 1. The summed E-state index contributed by atoms with van der Waals surface area (Å²) in [7, 11) is 0. The van der Waals surface area contributed by atoms with Gasteiger partial charge in [-0.2, -0.15) is 0 Å². The van der Waals surface area contributed by atoms with Gasteiger partial charge in [-0.3, -0.25) is 19.8 Å². The molecule has 0 atom stereocenters. The zero-order valence-electron chi connectivity index (χ0n) is 17.1. The molecule has 2 aliphatic heterocycles. The Labute approximate surface area is 180 Å². The number of benzene rings is 1. The summed E-state index contributed by atoms with van der Waals surface area (Å²) < 4.78 is 5.63. The van der Waals surface area contributed by atoms with Gasteiger partial charge in [0, 0.05) is 31.0 Å². The summed E-state index contributed by atoms with van der Waals surface area (Å²) in [6, 6.07) is 7.80. The highest BCUT2D eigenvalue weighted by Gasteiger charge is 2.33. The summed E-state index contributed by atoms with van der Waals surface area (Å²) in [6.45, 7) is 5.72. The molecule has 156 valence electrons. The average molecular weight is 425 g/mol. The standard InChI is InChI=1S/C22H24N4O3S/c1-3-29-17-7-8-18-15(12-17)11-16(20(23-18)25-9-5-4-6-10-25)13-19-21(28)24-22(30)26(19)14(2)27/h7-8,11-13H,3-6,9-10H2,1-2H3,(H,24,28,30)/b19-13+. The molecule has 1 N–H and O–H groups in total. The minimum Gasteiger partial charge on any atom is -0.494 e. The van der Waals surface area contributed by atoms with Gasteiger partial charge in [0.15, 0.2) is 5.11 Å². The number of amides is 2. The van der Waals surface area contributed by atoms with Crippen molar-refractivity contribution in [2.45, 2.75) is 33.1 Å². The van der Waals surface area contributed by atoms with Crippen LogP contribution in [0.2, 0.25) is 0 Å². The maximum atomic E-state index is 12.5. The zero-order chi connectivity index (χ0) is 21.3. The predicted molar refractivity (Wildman–Crippen MR) is 120 cm³/mol. The van der Waals surface area contributed by atoms with E-state index in [1.54, 1.807) is 6.08 Å². The topological polar surface area (TPSA) is 74.8 Å². The number of ether oxygens (including phenoxy) is 1. The van der Waals surface area contributed by atoms with Gasteiger partial charge < -0.3 is 9.64 Å². The molecule has 2 amide bonds. The molecule has 2 saturated heterocycles. The molecule has 1 aromatic heterocycles. The molecule has 2 aromatic rings. The lowest BCUT2D eigenvalue weighted by molar-refractivity contribution is -0.125. The number of aromatic nitrogens is 1. The van der Waals surface area contributed by atoms with Crippen LogP contribution in [-0.2, 0) is 9.59 Å². The van der Waals surface area contributed by atoms with Crippen LogP contribution >= 0.6 is 12.2 Å². The van der Waals surface area contributed by atoms with Crippen LogP contribution in [0.25, 0.3) is 17.0 Å². The fourth-order valence-corrected chi connectivity index (χ4v) is 4.22. The normalized spacial score (nSPS) is 18.3. The molecule has 0 spiro atoms. The number of piperidine rings is 1. The van der Waals surface area contributed by atoms with Crippen molar-refractivity contribution in [3.05, 3.63) is 35.5 Å². The van der Waals surface area contributed by atoms with Crippen LogP contribution < -0.4 is 15.0 Å². The first-order valence-electron chi connectivity index (χ1n) is 10.2. The Morgan fingerprint density at radius 2 is 2.03 bits per heavy atom. The van der Waals surface area contributed by atoms with Gasteiger partial charge in [0.25, 0.3) is 5.91 Å². The Balaban J connectivity index is 1.87. The monoisotopic (exact) mass is 424 g/mol. The van der Waals surface area contributed by atoms with Crippen molar-refractivity contribution >= 4 is 51.9 Å². The Bertz CT molecular complexity index is 1060. The number of anilines is 1. The van der Waals surface area contributed by atoms with Crippen LogP contribution in [-0.4, -0.2) is 46.5 Å². The van der Waals surface area contributed by atoms with Crippen LogP contribution in [0.15, 0.2) is 30.0 Å². The predicted octanol–water partition coefficient (Wildman–Crippen LogP) is 3.23. The molecule has 4 rings (SSSR count). The Morgan fingerprint density at radius 3 is 2.73 bits per heavy atom. The zero-order valence-corrected chi connectivity index (χ0v) is 17.9. The molecular weight excluding hydrogens is 400 g/mol. The van der Waals surface area contributed by atoms with Crippen molar-refractivity contribution in [2.75, 3.05) is 24.6 Å². The molecule has 7 nitrogen and oxygen atoms in total. The minimum absolute atomic E-state index is 0.102. The number of nitrogens with zero attached hydrogens (tertiary/aromatic N) is 3. The third-order valence-electron chi connectivity index (χ3n) is 5.27. The first-order chi connectivity index (χ1) is 14.5. The van der Waals surface area contributed by atoms with Gasteiger partial charge in [0.05, 0.1) is 12.1 Å². The summed E-state index contributed by atoms with van der Waals surface area (Å²) in [5.74, 6) is 0.883. The fourth-order valence-electron chi connectivity index (χ4n) is 3.90. The van der Waals surface area contributed by atoms with E-state index in [0.717, 1.165) is 54.0 Å². The van der Waals surface area contributed by atoms with E-state index >= 15 is 0 Å². The molecule has 0 saturated carbocycles. The van der Waals surface area contributed by atoms with Gasteiger partial charge in [-0.1, -0.05) is 0 Å². The summed E-state index contributed by atoms with van der Waals surface area (Å²) in [5.41, 5.74) is 1.85. The van der Waals surface area contributed by atoms with Crippen LogP contribution in [0, 0.1) is 0 Å². The van der Waals surface area contributed by atoms with E-state index in [-0.39, 0.29) is 22.6 Å². The number of fused-ring (bicyclic) bond motifs is 1. The highest BCUT2D eigenvalue weighted by molar-refractivity contribution is 7.80. The summed E-state index contributed by atoms with van der Waals surface area (Å²) >= 11 is 5.16. The quantitative estimate of drug-likeness (QED) is 0.600. The number of carbonyl (C=O) groups is 2. The fraction of sp³-hybridized carbons (Fsp3) is 0.364. The number of nitrogens with one attached hydrogen (secondary N) is 1. The van der Waals surface area contributed by atoms with Gasteiger partial charge >= 0.3 is 0 Å². The first kappa shape index (κ1) is 20.3. The summed E-state index contributed by atoms with van der Waals surface area (Å²) in [4.78, 5) is 33.0. The first-order valence-corrected chi connectivity index (χ1v) is 10.6. The van der Waals surface area contributed by atoms with E-state index in [1.807, 2.05) is 31.2 Å². The van der Waals surface area contributed by atoms with E-state index in [9.17, 15) is 9.59 Å². The Kier molecular flexibility index (Phi) is 5.67. The van der Waals surface area contributed by atoms with E-state index in [1.165, 1.54) is 18.2 Å². The van der Waals surface area contributed by atoms with Crippen LogP contribution in [0.5, 0.6) is 5.75 Å². The Hall–Kier alpha value is -3.00. The Morgan fingerprint density at radius 1 is 1.27 bits per heavy atom. The second kappa shape index (κ2) is 8.39. The van der Waals surface area contributed by atoms with Crippen molar-refractivity contribution in [3.63, 3.8) is 0 Å². The minimum atomic E-state index is -0.386. The highest BCUT2D eigenvalue weighted by Crippen LogP contribution is 2.31. The molecule has 8 heteroatoms. The molecular formula is C22H24N4O3S. The molecule has 1 aromatic carbocycles. The molecule has 0 radical (unpaired) electrons. The SMILES string of the molecule is CCOc1ccc2nc(N3CCCCC3)c(/C=C3\C(=O)NC(=S)N3C(C)=O)cc2c1. The lowest BCUT2D eigenvalue weighted by atomic mass is 10.1. The molecule has 0 unspecified atom stereocenters. The van der Waals surface area contributed by atoms with Gasteiger partial charge in [-0.05, 0) is 68.7 Å². The van der Waals surface area contributed by atoms with E-state index in [0.29, 0.717) is 6.61 Å².